The van der Waals surface area contributed by atoms with Crippen LogP contribution in [0.15, 0.2) is 24.4 Å². The Hall–Kier alpha value is -2.93. The lowest BCUT2D eigenvalue weighted by molar-refractivity contribution is -0.118. The molecule has 2 aliphatic rings. The molecule has 1 atom stereocenters. The van der Waals surface area contributed by atoms with Gasteiger partial charge in [-0.1, -0.05) is 6.42 Å². The predicted molar refractivity (Wildman–Crippen MR) is 103 cm³/mol. The molecule has 0 radical (unpaired) electrons. The maximum atomic E-state index is 13.6. The lowest BCUT2D eigenvalue weighted by Gasteiger charge is -2.22. The third-order valence-corrected chi connectivity index (χ3v) is 5.12. The molecular weight excluding hydrogens is 347 g/mol. The monoisotopic (exact) mass is 368 g/mol. The van der Waals surface area contributed by atoms with Crippen LogP contribution in [0.25, 0.3) is 11.6 Å². The van der Waals surface area contributed by atoms with Gasteiger partial charge >= 0.3 is 0 Å². The summed E-state index contributed by atoms with van der Waals surface area (Å²) in [6.07, 6.45) is 6.36. The number of amides is 2. The van der Waals surface area contributed by atoms with Gasteiger partial charge < -0.3 is 20.9 Å². The Labute approximate surface area is 156 Å². The zero-order valence-corrected chi connectivity index (χ0v) is 15.0. The number of hydrogen-bond acceptors (Lipinski definition) is 3. The molecule has 1 aromatic carbocycles. The second-order valence-corrected chi connectivity index (χ2v) is 6.93. The number of hydrogen-bond donors (Lipinski definition) is 4. The van der Waals surface area contributed by atoms with Crippen molar-refractivity contribution in [1.29, 1.82) is 0 Å². The number of benzene rings is 1. The van der Waals surface area contributed by atoms with Crippen LogP contribution in [0.1, 0.15) is 36.1 Å². The van der Waals surface area contributed by atoms with Gasteiger partial charge in [-0.05, 0) is 56.1 Å². The van der Waals surface area contributed by atoms with Crippen molar-refractivity contribution in [2.75, 3.05) is 17.2 Å². The maximum Gasteiger partial charge on any atom is 0.256 e. The third-order valence-electron chi connectivity index (χ3n) is 5.12. The number of carbonyl (C=O) groups excluding carboxylic acids is 2. The summed E-state index contributed by atoms with van der Waals surface area (Å²) in [7, 11) is 0. The van der Waals surface area contributed by atoms with E-state index in [9.17, 15) is 14.0 Å². The number of fused-ring (bicyclic) bond motifs is 1. The lowest BCUT2D eigenvalue weighted by Crippen LogP contribution is -2.43. The van der Waals surface area contributed by atoms with Crippen LogP contribution in [0, 0.1) is 12.7 Å². The smallest absolute Gasteiger partial charge is 0.256 e. The van der Waals surface area contributed by atoms with E-state index in [2.05, 4.69) is 20.9 Å². The van der Waals surface area contributed by atoms with Gasteiger partial charge in [0.2, 0.25) is 5.91 Å². The summed E-state index contributed by atoms with van der Waals surface area (Å²) in [6.45, 7) is 2.72. The number of carbonyl (C=O) groups is 2. The summed E-state index contributed by atoms with van der Waals surface area (Å²) < 4.78 is 13.6. The van der Waals surface area contributed by atoms with Crippen LogP contribution >= 0.6 is 0 Å². The van der Waals surface area contributed by atoms with E-state index in [4.69, 9.17) is 0 Å². The third kappa shape index (κ3) is 3.38. The quantitative estimate of drug-likeness (QED) is 0.628. The van der Waals surface area contributed by atoms with Crippen LogP contribution in [-0.4, -0.2) is 29.4 Å². The van der Waals surface area contributed by atoms with E-state index >= 15 is 0 Å². The van der Waals surface area contributed by atoms with Gasteiger partial charge in [-0.15, -0.1) is 0 Å². The standard InChI is InChI=1S/C20H21FN4O2/c1-11-17(9-14-13-8-12(21)5-6-15(13)24-19(14)26)23-10-18(11)25-20(27)16-4-2-3-7-22-16/h5-6,8-10,16,22-23H,2-4,7H2,1H3,(H,24,26)(H,25,27)/b14-9-. The fraction of sp³-hybridized carbons (Fsp3) is 0.300. The van der Waals surface area contributed by atoms with E-state index in [0.717, 1.165) is 31.4 Å². The second-order valence-electron chi connectivity index (χ2n) is 6.93. The van der Waals surface area contributed by atoms with Crippen LogP contribution < -0.4 is 16.0 Å². The second kappa shape index (κ2) is 7.00. The fourth-order valence-electron chi connectivity index (χ4n) is 3.53. The molecule has 2 amide bonds. The number of anilines is 2. The Balaban J connectivity index is 1.58. The predicted octanol–water partition coefficient (Wildman–Crippen LogP) is 3.04. The highest BCUT2D eigenvalue weighted by Gasteiger charge is 2.26. The van der Waals surface area contributed by atoms with E-state index in [1.54, 1.807) is 18.3 Å². The lowest BCUT2D eigenvalue weighted by atomic mass is 10.0. The molecule has 0 bridgehead atoms. The first-order valence-electron chi connectivity index (χ1n) is 9.08. The number of aromatic amines is 1. The normalized spacial score (nSPS) is 20.4. The summed E-state index contributed by atoms with van der Waals surface area (Å²) in [5, 5.41) is 8.90. The number of aromatic nitrogens is 1. The van der Waals surface area contributed by atoms with Gasteiger partial charge in [0.05, 0.1) is 17.3 Å². The van der Waals surface area contributed by atoms with E-state index in [-0.39, 0.29) is 17.9 Å². The highest BCUT2D eigenvalue weighted by molar-refractivity contribution is 6.34. The van der Waals surface area contributed by atoms with E-state index < -0.39 is 5.82 Å². The average Bonchev–Trinajstić information content (AvgIpc) is 3.16. The zero-order chi connectivity index (χ0) is 19.0. The summed E-state index contributed by atoms with van der Waals surface area (Å²) in [5.41, 5.74) is 3.71. The van der Waals surface area contributed by atoms with Crippen molar-refractivity contribution in [2.45, 2.75) is 32.2 Å². The first-order valence-corrected chi connectivity index (χ1v) is 9.08. The van der Waals surface area contributed by atoms with Crippen molar-refractivity contribution < 1.29 is 14.0 Å². The molecule has 1 fully saturated rings. The number of nitrogens with one attached hydrogen (secondary N) is 4. The van der Waals surface area contributed by atoms with Gasteiger partial charge in [0.1, 0.15) is 5.82 Å². The zero-order valence-electron chi connectivity index (χ0n) is 15.0. The van der Waals surface area contributed by atoms with Crippen LogP contribution in [-0.2, 0) is 9.59 Å². The molecule has 4 rings (SSSR count). The Morgan fingerprint density at radius 3 is 2.96 bits per heavy atom. The average molecular weight is 368 g/mol. The van der Waals surface area contributed by atoms with Gasteiger partial charge in [0.25, 0.3) is 5.91 Å². The van der Waals surface area contributed by atoms with Crippen LogP contribution in [0.2, 0.25) is 0 Å². The van der Waals surface area contributed by atoms with Crippen LogP contribution in [0.5, 0.6) is 0 Å². The molecule has 2 aliphatic heterocycles. The van der Waals surface area contributed by atoms with E-state index in [1.165, 1.54) is 12.1 Å². The molecule has 0 aliphatic carbocycles. The molecule has 1 saturated heterocycles. The van der Waals surface area contributed by atoms with Gasteiger partial charge in [-0.2, -0.15) is 0 Å². The minimum absolute atomic E-state index is 0.0537. The molecule has 27 heavy (non-hydrogen) atoms. The molecule has 0 spiro atoms. The Morgan fingerprint density at radius 1 is 1.33 bits per heavy atom. The molecule has 6 nitrogen and oxygen atoms in total. The minimum Gasteiger partial charge on any atom is -0.360 e. The molecule has 7 heteroatoms. The van der Waals surface area contributed by atoms with Crippen molar-refractivity contribution in [3.8, 4) is 0 Å². The maximum absolute atomic E-state index is 13.6. The van der Waals surface area contributed by atoms with Gasteiger partial charge in [0, 0.05) is 23.1 Å². The van der Waals surface area contributed by atoms with Crippen LogP contribution in [0.4, 0.5) is 15.8 Å². The Morgan fingerprint density at radius 2 is 2.19 bits per heavy atom. The molecule has 1 unspecified atom stereocenters. The molecule has 2 aromatic rings. The summed E-state index contributed by atoms with van der Waals surface area (Å²) in [4.78, 5) is 27.8. The molecule has 0 saturated carbocycles. The number of piperidine rings is 1. The highest BCUT2D eigenvalue weighted by Crippen LogP contribution is 2.34. The Kier molecular flexibility index (Phi) is 4.53. The SMILES string of the molecule is Cc1c(NC(=O)C2CCCCN2)c[nH]c1/C=C1\C(=O)Nc2ccc(F)cc21. The molecule has 140 valence electrons. The number of H-pyrrole nitrogens is 1. The van der Waals surface area contributed by atoms with Crippen molar-refractivity contribution in [3.05, 3.63) is 47.0 Å². The minimum atomic E-state index is -0.396. The van der Waals surface area contributed by atoms with Crippen molar-refractivity contribution >= 4 is 34.8 Å². The molecule has 3 heterocycles. The Bertz CT molecular complexity index is 941. The van der Waals surface area contributed by atoms with Crippen molar-refractivity contribution in [3.63, 3.8) is 0 Å². The molecular formula is C20H21FN4O2. The molecule has 4 N–H and O–H groups in total. The highest BCUT2D eigenvalue weighted by atomic mass is 19.1. The molecule has 1 aromatic heterocycles. The van der Waals surface area contributed by atoms with E-state index in [1.807, 2.05) is 6.92 Å². The van der Waals surface area contributed by atoms with Crippen molar-refractivity contribution in [2.24, 2.45) is 0 Å². The summed E-state index contributed by atoms with van der Waals surface area (Å²) in [6, 6.07) is 4.03. The number of halogens is 1. The first-order chi connectivity index (χ1) is 13.0. The summed E-state index contributed by atoms with van der Waals surface area (Å²) >= 11 is 0. The number of rotatable bonds is 3. The first kappa shape index (κ1) is 17.5. The van der Waals surface area contributed by atoms with Crippen LogP contribution in [0.3, 0.4) is 0 Å². The van der Waals surface area contributed by atoms with Gasteiger partial charge in [-0.3, -0.25) is 9.59 Å². The summed E-state index contributed by atoms with van der Waals surface area (Å²) in [5.74, 6) is -0.726. The van der Waals surface area contributed by atoms with Crippen molar-refractivity contribution in [1.82, 2.24) is 10.3 Å². The topological polar surface area (TPSA) is 86.0 Å². The fourth-order valence-corrected chi connectivity index (χ4v) is 3.53. The van der Waals surface area contributed by atoms with Gasteiger partial charge in [-0.25, -0.2) is 4.39 Å². The van der Waals surface area contributed by atoms with E-state index in [0.29, 0.717) is 28.2 Å². The van der Waals surface area contributed by atoms with Gasteiger partial charge in [0.15, 0.2) is 0 Å². The largest absolute Gasteiger partial charge is 0.360 e.